The molecule has 118 valence electrons. The number of carbonyl (C=O) groups is 2. The summed E-state index contributed by atoms with van der Waals surface area (Å²) >= 11 is 0. The molecule has 3 aliphatic rings. The summed E-state index contributed by atoms with van der Waals surface area (Å²) in [5, 5.41) is 0. The van der Waals surface area contributed by atoms with Crippen LogP contribution < -0.4 is 4.74 Å². The van der Waals surface area contributed by atoms with Gasteiger partial charge in [0.25, 0.3) is 0 Å². The molecule has 0 unspecified atom stereocenters. The number of benzene rings is 1. The van der Waals surface area contributed by atoms with E-state index in [0.29, 0.717) is 18.0 Å². The van der Waals surface area contributed by atoms with Gasteiger partial charge < -0.3 is 4.74 Å². The molecule has 1 atom stereocenters. The molecule has 3 heteroatoms. The van der Waals surface area contributed by atoms with Gasteiger partial charge in [-0.2, -0.15) is 0 Å². The number of allylic oxidation sites excluding steroid dienone is 4. The summed E-state index contributed by atoms with van der Waals surface area (Å²) in [7, 11) is 0. The molecule has 0 amide bonds. The number of fused-ring (bicyclic) bond motifs is 4. The first-order valence-corrected chi connectivity index (χ1v) is 8.27. The second-order valence-electron chi connectivity index (χ2n) is 6.95. The van der Waals surface area contributed by atoms with Crippen LogP contribution in [0.1, 0.15) is 50.7 Å². The molecule has 0 bridgehead atoms. The Labute approximate surface area is 136 Å². The summed E-state index contributed by atoms with van der Waals surface area (Å²) in [6, 6.07) is 5.93. The van der Waals surface area contributed by atoms with Gasteiger partial charge in [0, 0.05) is 13.3 Å². The lowest BCUT2D eigenvalue weighted by Gasteiger charge is -2.37. The van der Waals surface area contributed by atoms with Crippen LogP contribution in [-0.2, 0) is 16.0 Å². The van der Waals surface area contributed by atoms with Gasteiger partial charge in [0.2, 0.25) is 0 Å². The molecule has 0 heterocycles. The zero-order chi connectivity index (χ0) is 16.2. The van der Waals surface area contributed by atoms with E-state index in [4.69, 9.17) is 4.74 Å². The average Bonchev–Trinajstić information content (AvgIpc) is 2.82. The van der Waals surface area contributed by atoms with E-state index in [1.54, 1.807) is 0 Å². The van der Waals surface area contributed by atoms with E-state index >= 15 is 0 Å². The standard InChI is InChI=1S/C20H20O3/c1-12(21)23-14-4-6-15-13(11-14)3-5-17-16(15)9-10-20(2)18(17)7-8-19(20)22/h4,6-7,11H,3,5,8-10H2,1-2H3/t20-/m0/s1. The zero-order valence-electron chi connectivity index (χ0n) is 13.6. The molecule has 3 aliphatic carbocycles. The molecule has 0 aliphatic heterocycles. The number of ether oxygens (including phenoxy) is 1. The molecule has 3 nitrogen and oxygen atoms in total. The molecule has 0 spiro atoms. The van der Waals surface area contributed by atoms with Crippen molar-refractivity contribution in [3.05, 3.63) is 46.5 Å². The first kappa shape index (κ1) is 14.4. The molecule has 0 saturated carbocycles. The second kappa shape index (κ2) is 4.92. The van der Waals surface area contributed by atoms with Gasteiger partial charge in [0.15, 0.2) is 0 Å². The summed E-state index contributed by atoms with van der Waals surface area (Å²) in [6.07, 6.45) is 6.50. The zero-order valence-corrected chi connectivity index (χ0v) is 13.6. The van der Waals surface area contributed by atoms with Gasteiger partial charge in [-0.25, -0.2) is 0 Å². The summed E-state index contributed by atoms with van der Waals surface area (Å²) in [6.45, 7) is 3.53. The highest BCUT2D eigenvalue weighted by Crippen LogP contribution is 2.53. The predicted molar refractivity (Wildman–Crippen MR) is 88.0 cm³/mol. The van der Waals surface area contributed by atoms with Gasteiger partial charge in [-0.05, 0) is 72.6 Å². The first-order chi connectivity index (χ1) is 11.0. The van der Waals surface area contributed by atoms with Gasteiger partial charge >= 0.3 is 5.97 Å². The Hall–Kier alpha value is -2.16. The van der Waals surface area contributed by atoms with Crippen molar-refractivity contribution in [2.45, 2.75) is 46.0 Å². The van der Waals surface area contributed by atoms with Gasteiger partial charge in [0.05, 0.1) is 5.41 Å². The average molecular weight is 308 g/mol. The molecule has 23 heavy (non-hydrogen) atoms. The maximum absolute atomic E-state index is 12.3. The topological polar surface area (TPSA) is 43.4 Å². The molecule has 0 aromatic heterocycles. The Morgan fingerprint density at radius 1 is 1.17 bits per heavy atom. The van der Waals surface area contributed by atoms with Crippen molar-refractivity contribution in [2.24, 2.45) is 5.41 Å². The van der Waals surface area contributed by atoms with E-state index in [1.165, 1.54) is 34.8 Å². The third-order valence-corrected chi connectivity index (χ3v) is 5.57. The van der Waals surface area contributed by atoms with Gasteiger partial charge in [-0.3, -0.25) is 9.59 Å². The molecule has 0 radical (unpaired) electrons. The summed E-state index contributed by atoms with van der Waals surface area (Å²) < 4.78 is 5.20. The maximum atomic E-state index is 12.3. The van der Waals surface area contributed by atoms with Crippen LogP contribution in [0.5, 0.6) is 5.75 Å². The normalized spacial score (nSPS) is 25.5. The van der Waals surface area contributed by atoms with Crippen LogP contribution in [0, 0.1) is 5.41 Å². The number of carbonyl (C=O) groups excluding carboxylic acids is 2. The lowest BCUT2D eigenvalue weighted by molar-refractivity contribution is -0.131. The van der Waals surface area contributed by atoms with E-state index in [9.17, 15) is 9.59 Å². The number of hydrogen-bond acceptors (Lipinski definition) is 3. The first-order valence-electron chi connectivity index (χ1n) is 8.27. The fourth-order valence-corrected chi connectivity index (χ4v) is 4.36. The number of rotatable bonds is 1. The molecule has 0 N–H and O–H groups in total. The second-order valence-corrected chi connectivity index (χ2v) is 6.95. The smallest absolute Gasteiger partial charge is 0.308 e. The Bertz CT molecular complexity index is 797. The highest BCUT2D eigenvalue weighted by molar-refractivity contribution is 5.96. The minimum absolute atomic E-state index is 0.256. The van der Waals surface area contributed by atoms with Gasteiger partial charge in [0.1, 0.15) is 11.5 Å². The van der Waals surface area contributed by atoms with Crippen LogP contribution in [0.4, 0.5) is 0 Å². The van der Waals surface area contributed by atoms with Crippen molar-refractivity contribution in [1.29, 1.82) is 0 Å². The Kier molecular flexibility index (Phi) is 3.09. The van der Waals surface area contributed by atoms with Crippen molar-refractivity contribution < 1.29 is 14.3 Å². The summed E-state index contributed by atoms with van der Waals surface area (Å²) in [5.74, 6) is 0.704. The number of ketones is 1. The fraction of sp³-hybridized carbons (Fsp3) is 0.400. The third-order valence-electron chi connectivity index (χ3n) is 5.57. The van der Waals surface area contributed by atoms with Crippen LogP contribution in [0.25, 0.3) is 5.57 Å². The Morgan fingerprint density at radius 2 is 2.00 bits per heavy atom. The quantitative estimate of drug-likeness (QED) is 0.581. The van der Waals surface area contributed by atoms with Crippen LogP contribution in [0.3, 0.4) is 0 Å². The lowest BCUT2D eigenvalue weighted by Crippen LogP contribution is -2.30. The number of esters is 1. The van der Waals surface area contributed by atoms with E-state index < -0.39 is 0 Å². The monoisotopic (exact) mass is 308 g/mol. The van der Waals surface area contributed by atoms with Crippen LogP contribution >= 0.6 is 0 Å². The molecule has 0 fully saturated rings. The van der Waals surface area contributed by atoms with Crippen molar-refractivity contribution >= 4 is 17.3 Å². The van der Waals surface area contributed by atoms with Crippen molar-refractivity contribution in [3.8, 4) is 5.75 Å². The van der Waals surface area contributed by atoms with E-state index in [2.05, 4.69) is 19.1 Å². The van der Waals surface area contributed by atoms with Crippen molar-refractivity contribution in [2.75, 3.05) is 0 Å². The third kappa shape index (κ3) is 2.10. The highest BCUT2D eigenvalue weighted by atomic mass is 16.5. The van der Waals surface area contributed by atoms with E-state index in [1.807, 2.05) is 12.1 Å². The molecular formula is C20H20O3. The molecule has 4 rings (SSSR count). The highest BCUT2D eigenvalue weighted by Gasteiger charge is 2.45. The minimum atomic E-state index is -0.288. The number of aryl methyl sites for hydroxylation is 1. The lowest BCUT2D eigenvalue weighted by atomic mass is 9.65. The van der Waals surface area contributed by atoms with Crippen LogP contribution in [0.15, 0.2) is 35.4 Å². The van der Waals surface area contributed by atoms with Crippen LogP contribution in [-0.4, -0.2) is 11.8 Å². The van der Waals surface area contributed by atoms with Crippen molar-refractivity contribution in [3.63, 3.8) is 0 Å². The number of Topliss-reactive ketones (excluding diaryl/α,β-unsaturated/α-hetero) is 1. The molecule has 1 aromatic carbocycles. The van der Waals surface area contributed by atoms with Crippen molar-refractivity contribution in [1.82, 2.24) is 0 Å². The summed E-state index contributed by atoms with van der Waals surface area (Å²) in [5.41, 5.74) is 6.31. The van der Waals surface area contributed by atoms with Gasteiger partial charge in [-0.15, -0.1) is 0 Å². The number of hydrogen-bond donors (Lipinski definition) is 0. The Morgan fingerprint density at radius 3 is 2.78 bits per heavy atom. The molecular weight excluding hydrogens is 288 g/mol. The SMILES string of the molecule is CC(=O)Oc1ccc2c(c1)CCC1=C2CC[C@]2(C)C(=O)CC=C12. The van der Waals surface area contributed by atoms with Gasteiger partial charge in [-0.1, -0.05) is 12.1 Å². The molecule has 1 aromatic rings. The van der Waals surface area contributed by atoms with E-state index in [-0.39, 0.29) is 11.4 Å². The summed E-state index contributed by atoms with van der Waals surface area (Å²) in [4.78, 5) is 23.4. The fourth-order valence-electron chi connectivity index (χ4n) is 4.36. The Balaban J connectivity index is 1.77. The largest absolute Gasteiger partial charge is 0.427 e. The maximum Gasteiger partial charge on any atom is 0.308 e. The molecule has 0 saturated heterocycles. The minimum Gasteiger partial charge on any atom is -0.427 e. The van der Waals surface area contributed by atoms with E-state index in [0.717, 1.165) is 25.7 Å². The predicted octanol–water partition coefficient (Wildman–Crippen LogP) is 4.01. The van der Waals surface area contributed by atoms with Crippen LogP contribution in [0.2, 0.25) is 0 Å².